The molecule has 7 heteroatoms. The third-order valence-corrected chi connectivity index (χ3v) is 4.62. The highest BCUT2D eigenvalue weighted by atomic mass is 32.2. The number of amides is 1. The third-order valence-electron chi connectivity index (χ3n) is 2.92. The van der Waals surface area contributed by atoms with Gasteiger partial charge in [-0.15, -0.1) is 0 Å². The van der Waals surface area contributed by atoms with E-state index in [4.69, 9.17) is 4.74 Å². The van der Waals surface area contributed by atoms with Gasteiger partial charge in [0, 0.05) is 19.2 Å². The first-order valence-corrected chi connectivity index (χ1v) is 8.41. The van der Waals surface area contributed by atoms with E-state index in [0.717, 1.165) is 13.0 Å². The average Bonchev–Trinajstić information content (AvgIpc) is 2.49. The number of rotatable bonds is 9. The lowest BCUT2D eigenvalue weighted by atomic mass is 10.2. The summed E-state index contributed by atoms with van der Waals surface area (Å²) < 4.78 is 28.6. The molecule has 118 valence electrons. The molecule has 21 heavy (non-hydrogen) atoms. The third kappa shape index (κ3) is 5.82. The summed E-state index contributed by atoms with van der Waals surface area (Å²) in [6, 6.07) is 5.95. The van der Waals surface area contributed by atoms with E-state index in [-0.39, 0.29) is 23.2 Å². The number of sulfone groups is 1. The van der Waals surface area contributed by atoms with E-state index in [1.54, 1.807) is 0 Å². The van der Waals surface area contributed by atoms with Gasteiger partial charge in [-0.1, -0.05) is 0 Å². The van der Waals surface area contributed by atoms with Crippen molar-refractivity contribution in [2.45, 2.75) is 11.3 Å². The van der Waals surface area contributed by atoms with E-state index in [2.05, 4.69) is 10.6 Å². The molecule has 2 N–H and O–H groups in total. The Morgan fingerprint density at radius 1 is 1.19 bits per heavy atom. The van der Waals surface area contributed by atoms with E-state index in [1.165, 1.54) is 31.4 Å². The quantitative estimate of drug-likeness (QED) is 0.646. The first kappa shape index (κ1) is 17.6. The highest BCUT2D eigenvalue weighted by molar-refractivity contribution is 7.91. The molecule has 0 saturated carbocycles. The minimum absolute atomic E-state index is 0.0704. The summed E-state index contributed by atoms with van der Waals surface area (Å²) in [6.07, 6.45) is 0.839. The number of nitrogens with one attached hydrogen (secondary N) is 2. The molecule has 0 aliphatic carbocycles. The lowest BCUT2D eigenvalue weighted by Gasteiger charge is -2.07. The molecule has 0 bridgehead atoms. The van der Waals surface area contributed by atoms with E-state index in [9.17, 15) is 13.2 Å². The van der Waals surface area contributed by atoms with Crippen LogP contribution in [-0.2, 0) is 14.6 Å². The fourth-order valence-electron chi connectivity index (χ4n) is 1.69. The Labute approximate surface area is 125 Å². The standard InChI is InChI=1S/C14H22N2O4S/c1-15-8-3-9-16-14(17)12-4-6-13(7-5-12)21(18,19)11-10-20-2/h4-7,15H,3,8-11H2,1-2H3,(H,16,17). The van der Waals surface area contributed by atoms with Crippen molar-refractivity contribution < 1.29 is 17.9 Å². The predicted octanol–water partition coefficient (Wildman–Crippen LogP) is 0.446. The van der Waals surface area contributed by atoms with E-state index in [0.29, 0.717) is 12.1 Å². The molecule has 6 nitrogen and oxygen atoms in total. The van der Waals surface area contributed by atoms with Crippen LogP contribution in [0.15, 0.2) is 29.2 Å². The van der Waals surface area contributed by atoms with Crippen LogP contribution in [0.25, 0.3) is 0 Å². The van der Waals surface area contributed by atoms with Crippen LogP contribution in [0.5, 0.6) is 0 Å². The molecule has 0 aliphatic rings. The van der Waals surface area contributed by atoms with Crippen molar-refractivity contribution >= 4 is 15.7 Å². The molecule has 0 saturated heterocycles. The average molecular weight is 314 g/mol. The van der Waals surface area contributed by atoms with Crippen LogP contribution < -0.4 is 10.6 Å². The summed E-state index contributed by atoms with van der Waals surface area (Å²) >= 11 is 0. The Balaban J connectivity index is 2.63. The number of hydrogen-bond donors (Lipinski definition) is 2. The first-order valence-electron chi connectivity index (χ1n) is 6.76. The number of carbonyl (C=O) groups is 1. The molecule has 0 radical (unpaired) electrons. The van der Waals surface area contributed by atoms with Crippen LogP contribution in [-0.4, -0.2) is 53.9 Å². The lowest BCUT2D eigenvalue weighted by Crippen LogP contribution is -2.26. The van der Waals surface area contributed by atoms with Gasteiger partial charge in [0.05, 0.1) is 17.3 Å². The molecular formula is C14H22N2O4S. The zero-order valence-electron chi connectivity index (χ0n) is 12.4. The fraction of sp³-hybridized carbons (Fsp3) is 0.500. The van der Waals surface area contributed by atoms with E-state index >= 15 is 0 Å². The number of carbonyl (C=O) groups excluding carboxylic acids is 1. The minimum atomic E-state index is -3.35. The van der Waals surface area contributed by atoms with Crippen LogP contribution in [0.4, 0.5) is 0 Å². The molecule has 0 unspecified atom stereocenters. The molecular weight excluding hydrogens is 292 g/mol. The molecule has 1 rings (SSSR count). The van der Waals surface area contributed by atoms with Crippen LogP contribution in [0.1, 0.15) is 16.8 Å². The monoisotopic (exact) mass is 314 g/mol. The number of hydrogen-bond acceptors (Lipinski definition) is 5. The second-order valence-electron chi connectivity index (χ2n) is 4.55. The van der Waals surface area contributed by atoms with Gasteiger partial charge >= 0.3 is 0 Å². The maximum Gasteiger partial charge on any atom is 0.251 e. The van der Waals surface area contributed by atoms with Gasteiger partial charge in [-0.3, -0.25) is 4.79 Å². The molecule has 1 amide bonds. The largest absolute Gasteiger partial charge is 0.384 e. The van der Waals surface area contributed by atoms with Gasteiger partial charge in [0.15, 0.2) is 9.84 Å². The van der Waals surface area contributed by atoms with E-state index in [1.807, 2.05) is 7.05 Å². The highest BCUT2D eigenvalue weighted by Crippen LogP contribution is 2.12. The van der Waals surface area contributed by atoms with Crippen LogP contribution >= 0.6 is 0 Å². The van der Waals surface area contributed by atoms with Crippen LogP contribution in [0.2, 0.25) is 0 Å². The summed E-state index contributed by atoms with van der Waals surface area (Å²) in [4.78, 5) is 12.0. The van der Waals surface area contributed by atoms with Crippen LogP contribution in [0, 0.1) is 0 Å². The Morgan fingerprint density at radius 3 is 2.43 bits per heavy atom. The topological polar surface area (TPSA) is 84.5 Å². The predicted molar refractivity (Wildman–Crippen MR) is 81.2 cm³/mol. The van der Waals surface area contributed by atoms with Crippen molar-refractivity contribution in [3.05, 3.63) is 29.8 Å². The van der Waals surface area contributed by atoms with Crippen LogP contribution in [0.3, 0.4) is 0 Å². The molecule has 0 fully saturated rings. The molecule has 0 atom stereocenters. The van der Waals surface area contributed by atoms with Crippen molar-refractivity contribution in [1.29, 1.82) is 0 Å². The molecule has 0 spiro atoms. The van der Waals surface area contributed by atoms with Gasteiger partial charge in [0.2, 0.25) is 0 Å². The van der Waals surface area contributed by atoms with Crippen molar-refractivity contribution in [3.63, 3.8) is 0 Å². The Bertz CT molecular complexity index is 541. The highest BCUT2D eigenvalue weighted by Gasteiger charge is 2.14. The summed E-state index contributed by atoms with van der Waals surface area (Å²) in [5.74, 6) is -0.272. The summed E-state index contributed by atoms with van der Waals surface area (Å²) in [7, 11) is -0.0470. The second-order valence-corrected chi connectivity index (χ2v) is 6.66. The first-order chi connectivity index (χ1) is 10.0. The molecule has 0 aliphatic heterocycles. The Kier molecular flexibility index (Phi) is 7.35. The van der Waals surface area contributed by atoms with E-state index < -0.39 is 9.84 Å². The number of benzene rings is 1. The zero-order valence-corrected chi connectivity index (χ0v) is 13.2. The summed E-state index contributed by atoms with van der Waals surface area (Å²) in [6.45, 7) is 1.56. The van der Waals surface area contributed by atoms with Crippen molar-refractivity contribution in [3.8, 4) is 0 Å². The van der Waals surface area contributed by atoms with Gasteiger partial charge in [0.25, 0.3) is 5.91 Å². The molecule has 1 aromatic rings. The minimum Gasteiger partial charge on any atom is -0.384 e. The maximum absolute atomic E-state index is 11.9. The summed E-state index contributed by atoms with van der Waals surface area (Å²) in [5.41, 5.74) is 0.449. The molecule has 1 aromatic carbocycles. The van der Waals surface area contributed by atoms with Gasteiger partial charge < -0.3 is 15.4 Å². The Hall–Kier alpha value is -1.44. The fourth-order valence-corrected chi connectivity index (χ4v) is 2.87. The van der Waals surface area contributed by atoms with Gasteiger partial charge in [-0.25, -0.2) is 8.42 Å². The van der Waals surface area contributed by atoms with Crippen molar-refractivity contribution in [1.82, 2.24) is 10.6 Å². The Morgan fingerprint density at radius 2 is 1.86 bits per heavy atom. The molecule has 0 heterocycles. The second kappa shape index (κ2) is 8.76. The van der Waals surface area contributed by atoms with Crippen molar-refractivity contribution in [2.75, 3.05) is 39.6 Å². The SMILES string of the molecule is CNCCCNC(=O)c1ccc(S(=O)(=O)CCOC)cc1. The van der Waals surface area contributed by atoms with Crippen molar-refractivity contribution in [2.24, 2.45) is 0 Å². The lowest BCUT2D eigenvalue weighted by molar-refractivity contribution is 0.0953. The van der Waals surface area contributed by atoms with Gasteiger partial charge in [-0.05, 0) is 44.3 Å². The number of methoxy groups -OCH3 is 1. The maximum atomic E-state index is 11.9. The van der Waals surface area contributed by atoms with Gasteiger partial charge in [-0.2, -0.15) is 0 Å². The zero-order chi connectivity index (χ0) is 15.7. The van der Waals surface area contributed by atoms with Gasteiger partial charge in [0.1, 0.15) is 0 Å². The number of ether oxygens (including phenoxy) is 1. The normalized spacial score (nSPS) is 11.3. The smallest absolute Gasteiger partial charge is 0.251 e. The molecule has 0 aromatic heterocycles. The summed E-state index contributed by atoms with van der Waals surface area (Å²) in [5, 5.41) is 5.77.